The molecule has 3 atom stereocenters. The van der Waals surface area contributed by atoms with E-state index in [0.717, 1.165) is 11.1 Å². The summed E-state index contributed by atoms with van der Waals surface area (Å²) in [4.78, 5) is 17.7. The molecule has 172 valence electrons. The van der Waals surface area contributed by atoms with E-state index in [4.69, 9.17) is 15.9 Å². The van der Waals surface area contributed by atoms with Gasteiger partial charge in [0.1, 0.15) is 30.8 Å². The number of nitrogens with two attached hydrogens (primary N) is 1. The molecule has 0 radical (unpaired) electrons. The number of ether oxygens (including phenoxy) is 1. The van der Waals surface area contributed by atoms with E-state index in [2.05, 4.69) is 20.5 Å². The van der Waals surface area contributed by atoms with Crippen molar-refractivity contribution in [1.29, 1.82) is 5.41 Å². The summed E-state index contributed by atoms with van der Waals surface area (Å²) >= 11 is 0. The van der Waals surface area contributed by atoms with E-state index in [9.17, 15) is 20.1 Å². The zero-order valence-corrected chi connectivity index (χ0v) is 17.9. The summed E-state index contributed by atoms with van der Waals surface area (Å²) in [6, 6.07) is 3.57. The van der Waals surface area contributed by atoms with Crippen LogP contribution in [0.4, 0.5) is 0 Å². The minimum atomic E-state index is -1.62. The van der Waals surface area contributed by atoms with Crippen LogP contribution in [0.1, 0.15) is 11.1 Å². The first-order chi connectivity index (χ1) is 15.1. The number of nitrogens with zero attached hydrogens (tertiary/aromatic N) is 6. The number of aliphatic hydroxyl groups excluding tert-OH is 3. The van der Waals surface area contributed by atoms with Gasteiger partial charge in [0, 0.05) is 7.05 Å². The minimum Gasteiger partial charge on any atom is -0.388 e. The third-order valence-electron chi connectivity index (χ3n) is 5.10. The lowest BCUT2D eigenvalue weighted by atomic mass is 10.1. The Morgan fingerprint density at radius 2 is 1.91 bits per heavy atom. The molecular weight excluding hydrogens is 420 g/mol. The van der Waals surface area contributed by atoms with Crippen molar-refractivity contribution in [2.75, 3.05) is 13.2 Å². The van der Waals surface area contributed by atoms with Gasteiger partial charge in [0.25, 0.3) is 5.56 Å². The number of aliphatic hydroxyl groups is 3. The lowest BCUT2D eigenvalue weighted by Crippen LogP contribution is -2.44. The summed E-state index contributed by atoms with van der Waals surface area (Å²) in [5, 5.41) is 49.3. The molecule has 2 aromatic heterocycles. The lowest BCUT2D eigenvalue weighted by Gasteiger charge is -2.24. The van der Waals surface area contributed by atoms with Crippen molar-refractivity contribution >= 4 is 16.9 Å². The van der Waals surface area contributed by atoms with Gasteiger partial charge in [-0.05, 0) is 47.5 Å². The first kappa shape index (κ1) is 23.4. The normalized spacial score (nSPS) is 14.4. The van der Waals surface area contributed by atoms with Crippen molar-refractivity contribution in [2.45, 2.75) is 38.7 Å². The van der Waals surface area contributed by atoms with Crippen LogP contribution in [0.3, 0.4) is 0 Å². The molecule has 2 heterocycles. The van der Waals surface area contributed by atoms with Gasteiger partial charge in [-0.1, -0.05) is 0 Å². The van der Waals surface area contributed by atoms with E-state index in [0.29, 0.717) is 11.0 Å². The van der Waals surface area contributed by atoms with Gasteiger partial charge >= 0.3 is 0 Å². The Morgan fingerprint density at radius 1 is 1.22 bits per heavy atom. The van der Waals surface area contributed by atoms with E-state index in [-0.39, 0.29) is 37.1 Å². The molecule has 13 heteroatoms. The van der Waals surface area contributed by atoms with Crippen molar-refractivity contribution in [3.8, 4) is 11.5 Å². The van der Waals surface area contributed by atoms with E-state index < -0.39 is 23.9 Å². The summed E-state index contributed by atoms with van der Waals surface area (Å²) in [7, 11) is 1.57. The largest absolute Gasteiger partial charge is 0.388 e. The van der Waals surface area contributed by atoms with Crippen LogP contribution in [0.2, 0.25) is 0 Å². The van der Waals surface area contributed by atoms with Gasteiger partial charge in [-0.15, -0.1) is 5.10 Å². The molecule has 3 aromatic rings. The molecule has 0 aliphatic heterocycles. The highest BCUT2D eigenvalue weighted by atomic mass is 16.5. The molecule has 1 aromatic carbocycles. The number of rotatable bonds is 9. The van der Waals surface area contributed by atoms with Crippen molar-refractivity contribution in [3.05, 3.63) is 33.6 Å². The number of fused-ring (bicyclic) bond motifs is 1. The summed E-state index contributed by atoms with van der Waals surface area (Å²) in [6.45, 7) is 2.89. The monoisotopic (exact) mass is 446 g/mol. The van der Waals surface area contributed by atoms with Crippen LogP contribution in [0, 0.1) is 19.3 Å². The Bertz CT molecular complexity index is 1190. The molecule has 13 nitrogen and oxygen atoms in total. The Balaban J connectivity index is 2.00. The molecule has 32 heavy (non-hydrogen) atoms. The number of hydrogen-bond acceptors (Lipinski definition) is 10. The van der Waals surface area contributed by atoms with Gasteiger partial charge in [0.2, 0.25) is 5.82 Å². The second-order valence-corrected chi connectivity index (χ2v) is 7.59. The van der Waals surface area contributed by atoms with Crippen LogP contribution in [0.25, 0.3) is 22.6 Å². The van der Waals surface area contributed by atoms with Gasteiger partial charge < -0.3 is 30.4 Å². The van der Waals surface area contributed by atoms with Gasteiger partial charge in [0.05, 0.1) is 24.2 Å². The third kappa shape index (κ3) is 4.80. The summed E-state index contributed by atoms with van der Waals surface area (Å²) in [5.41, 5.74) is 7.40. The third-order valence-corrected chi connectivity index (χ3v) is 5.10. The van der Waals surface area contributed by atoms with Crippen molar-refractivity contribution in [1.82, 2.24) is 29.8 Å². The minimum absolute atomic E-state index is 0.0136. The maximum absolute atomic E-state index is 13.3. The molecule has 0 unspecified atom stereocenters. The highest BCUT2D eigenvalue weighted by molar-refractivity contribution is 5.79. The van der Waals surface area contributed by atoms with E-state index in [1.807, 2.05) is 13.8 Å². The number of benzene rings is 1. The standard InChI is InChI=1S/C19H26N8O5/c1-9-4-11-12(5-10(9)2)27(19(31)16(22-11)18-23-24-25-26(18)3)6-13(28)17(30)14(29)7-32-8-15(20)21/h4-5,13-14,17,28-30H,6-8H2,1-3H3,(H3,20,21)/t13-,14+,17-/m0/s1. The molecule has 0 fully saturated rings. The Kier molecular flexibility index (Phi) is 6.93. The Morgan fingerprint density at radius 3 is 2.53 bits per heavy atom. The second-order valence-electron chi connectivity index (χ2n) is 7.59. The number of nitrogens with one attached hydrogen (secondary N) is 1. The van der Waals surface area contributed by atoms with Crippen molar-refractivity contribution in [3.63, 3.8) is 0 Å². The fourth-order valence-electron chi connectivity index (χ4n) is 3.19. The van der Waals surface area contributed by atoms with Gasteiger partial charge in [-0.25, -0.2) is 9.67 Å². The maximum atomic E-state index is 13.3. The second kappa shape index (κ2) is 9.48. The number of amidine groups is 1. The van der Waals surface area contributed by atoms with Gasteiger partial charge in [-0.2, -0.15) is 0 Å². The molecule has 0 amide bonds. The molecular formula is C19H26N8O5. The molecule has 0 aliphatic carbocycles. The molecule has 0 spiro atoms. The molecule has 6 N–H and O–H groups in total. The summed E-state index contributed by atoms with van der Waals surface area (Å²) < 4.78 is 7.59. The average molecular weight is 446 g/mol. The highest BCUT2D eigenvalue weighted by Crippen LogP contribution is 2.20. The van der Waals surface area contributed by atoms with Crippen LogP contribution in [-0.2, 0) is 18.3 Å². The smallest absolute Gasteiger partial charge is 0.281 e. The van der Waals surface area contributed by atoms with E-state index in [1.54, 1.807) is 19.2 Å². The predicted octanol–water partition coefficient (Wildman–Crippen LogP) is -1.76. The van der Waals surface area contributed by atoms with Crippen molar-refractivity contribution in [2.24, 2.45) is 12.8 Å². The lowest BCUT2D eigenvalue weighted by molar-refractivity contribution is -0.0883. The highest BCUT2D eigenvalue weighted by Gasteiger charge is 2.27. The van der Waals surface area contributed by atoms with Crippen LogP contribution >= 0.6 is 0 Å². The summed E-state index contributed by atoms with van der Waals surface area (Å²) in [6.07, 6.45) is -4.59. The van der Waals surface area contributed by atoms with Gasteiger partial charge in [-0.3, -0.25) is 10.2 Å². The first-order valence-corrected chi connectivity index (χ1v) is 9.79. The van der Waals surface area contributed by atoms with Crippen LogP contribution in [0.15, 0.2) is 16.9 Å². The van der Waals surface area contributed by atoms with Crippen LogP contribution in [0.5, 0.6) is 0 Å². The van der Waals surface area contributed by atoms with Crippen molar-refractivity contribution < 1.29 is 20.1 Å². The maximum Gasteiger partial charge on any atom is 0.281 e. The topological polar surface area (TPSA) is 198 Å². The molecule has 0 saturated carbocycles. The molecule has 0 saturated heterocycles. The predicted molar refractivity (Wildman–Crippen MR) is 114 cm³/mol. The number of tetrazole rings is 1. The summed E-state index contributed by atoms with van der Waals surface area (Å²) in [5.74, 6) is -0.0879. The quantitative estimate of drug-likeness (QED) is 0.185. The molecule has 3 rings (SSSR count). The Hall–Kier alpha value is -3.26. The average Bonchev–Trinajstić information content (AvgIpc) is 3.16. The number of hydrogen-bond donors (Lipinski definition) is 5. The van der Waals surface area contributed by atoms with Crippen LogP contribution in [-0.4, -0.2) is 82.4 Å². The molecule has 0 bridgehead atoms. The fourth-order valence-corrected chi connectivity index (χ4v) is 3.19. The van der Waals surface area contributed by atoms with E-state index in [1.165, 1.54) is 9.25 Å². The Labute approximate surface area is 182 Å². The van der Waals surface area contributed by atoms with E-state index >= 15 is 0 Å². The number of aryl methyl sites for hydroxylation is 3. The zero-order valence-electron chi connectivity index (χ0n) is 17.9. The SMILES string of the molecule is Cc1cc2nc(-c3nnnn3C)c(=O)n(C[C@H](O)[C@H](O)[C@H](O)COCC(=N)N)c2cc1C. The number of aromatic nitrogens is 6. The first-order valence-electron chi connectivity index (χ1n) is 9.79. The van der Waals surface area contributed by atoms with Crippen LogP contribution < -0.4 is 11.3 Å². The zero-order chi connectivity index (χ0) is 23.6. The molecule has 0 aliphatic rings. The van der Waals surface area contributed by atoms with Gasteiger partial charge in [0.15, 0.2) is 5.69 Å². The fraction of sp³-hybridized carbons (Fsp3) is 0.474.